The molecule has 0 aromatic heterocycles. The van der Waals surface area contributed by atoms with Crippen LogP contribution >= 0.6 is 0 Å². The maximum atomic E-state index is 14.1. The number of Topliss-reactive ketones (excluding diaryl/α,β-unsaturated/α-hetero) is 1. The average molecular weight is 484 g/mol. The Kier molecular flexibility index (Phi) is 5.71. The molecule has 0 bridgehead atoms. The molecule has 1 heterocycles. The molecule has 1 aliphatic heterocycles. The maximum absolute atomic E-state index is 14.1. The third kappa shape index (κ3) is 3.26. The number of carbonyl (C=O) groups is 3. The molecule has 1 unspecified atom stereocenters. The predicted octanol–water partition coefficient (Wildman–Crippen LogP) is 5.03. The summed E-state index contributed by atoms with van der Waals surface area (Å²) in [6.07, 6.45) is 0. The number of benzene rings is 3. The Morgan fingerprint density at radius 2 is 1.50 bits per heavy atom. The van der Waals surface area contributed by atoms with Crippen LogP contribution < -0.4 is 0 Å². The molecule has 2 aliphatic rings. The van der Waals surface area contributed by atoms with E-state index in [1.54, 1.807) is 38.1 Å². The van der Waals surface area contributed by atoms with Gasteiger partial charge in [0.05, 0.1) is 18.9 Å². The highest BCUT2D eigenvalue weighted by molar-refractivity contribution is 6.32. The first-order valence-corrected chi connectivity index (χ1v) is 11.8. The second kappa shape index (κ2) is 8.75. The summed E-state index contributed by atoms with van der Waals surface area (Å²) in [4.78, 5) is 45.6. The summed E-state index contributed by atoms with van der Waals surface area (Å²) in [5.74, 6) is -2.23. The van der Waals surface area contributed by atoms with Crippen molar-refractivity contribution in [1.82, 2.24) is 0 Å². The number of ketones is 1. The van der Waals surface area contributed by atoms with Crippen molar-refractivity contribution in [2.24, 2.45) is 4.99 Å². The Labute approximate surface area is 208 Å². The number of carbonyl (C=O) groups excluding carboxylic acids is 3. The van der Waals surface area contributed by atoms with E-state index >= 15 is 0 Å². The number of hydrogen-bond acceptors (Lipinski definition) is 7. The van der Waals surface area contributed by atoms with Crippen molar-refractivity contribution in [3.63, 3.8) is 0 Å². The van der Waals surface area contributed by atoms with E-state index in [0.29, 0.717) is 22.2 Å². The summed E-state index contributed by atoms with van der Waals surface area (Å²) in [5.41, 5.74) is 0.825. The number of esters is 2. The molecule has 7 heteroatoms. The summed E-state index contributed by atoms with van der Waals surface area (Å²) >= 11 is 0. The molecule has 36 heavy (non-hydrogen) atoms. The lowest BCUT2D eigenvalue weighted by Crippen LogP contribution is -2.38. The van der Waals surface area contributed by atoms with Gasteiger partial charge in [-0.1, -0.05) is 54.6 Å². The van der Waals surface area contributed by atoms with Gasteiger partial charge >= 0.3 is 11.9 Å². The minimum Gasteiger partial charge on any atom is -0.462 e. The average Bonchev–Trinajstić information content (AvgIpc) is 3.32. The van der Waals surface area contributed by atoms with Crippen molar-refractivity contribution in [1.29, 1.82) is 0 Å². The highest BCUT2D eigenvalue weighted by atomic mass is 16.6. The molecule has 0 saturated heterocycles. The molecule has 1 aliphatic carbocycles. The van der Waals surface area contributed by atoms with Gasteiger partial charge in [0, 0.05) is 16.5 Å². The lowest BCUT2D eigenvalue weighted by Gasteiger charge is -2.25. The van der Waals surface area contributed by atoms with E-state index in [0.717, 1.165) is 16.5 Å². The minimum atomic E-state index is -1.91. The molecule has 3 aromatic rings. The topological polar surface area (TPSA) is 91.3 Å². The number of aryl methyl sites for hydroxylation is 2. The van der Waals surface area contributed by atoms with E-state index in [4.69, 9.17) is 19.2 Å². The highest BCUT2D eigenvalue weighted by Gasteiger charge is 2.62. The molecule has 0 fully saturated rings. The van der Waals surface area contributed by atoms with Gasteiger partial charge in [-0.15, -0.1) is 0 Å². The Hall–Kier alpha value is -4.26. The van der Waals surface area contributed by atoms with E-state index in [2.05, 4.69) is 0 Å². The molecule has 182 valence electrons. The van der Waals surface area contributed by atoms with Gasteiger partial charge in [-0.3, -0.25) is 4.79 Å². The Morgan fingerprint density at radius 1 is 0.889 bits per heavy atom. The number of rotatable bonds is 5. The van der Waals surface area contributed by atoms with Crippen LogP contribution in [-0.2, 0) is 29.4 Å². The van der Waals surface area contributed by atoms with Crippen molar-refractivity contribution in [3.05, 3.63) is 88.0 Å². The monoisotopic (exact) mass is 483 g/mol. The van der Waals surface area contributed by atoms with Gasteiger partial charge in [-0.2, -0.15) is 0 Å². The van der Waals surface area contributed by atoms with Crippen molar-refractivity contribution in [2.45, 2.75) is 33.3 Å². The molecular formula is C29H25NO6. The summed E-state index contributed by atoms with van der Waals surface area (Å²) in [7, 11) is 0. The van der Waals surface area contributed by atoms with Crippen LogP contribution in [0.4, 0.5) is 5.69 Å². The molecule has 0 amide bonds. The zero-order chi connectivity index (χ0) is 25.6. The second-order valence-corrected chi connectivity index (χ2v) is 8.67. The van der Waals surface area contributed by atoms with Gasteiger partial charge in [0.2, 0.25) is 17.3 Å². The Balaban J connectivity index is 1.86. The molecule has 5 rings (SSSR count). The van der Waals surface area contributed by atoms with Crippen LogP contribution in [0.15, 0.2) is 70.7 Å². The Morgan fingerprint density at radius 3 is 2.17 bits per heavy atom. The fourth-order valence-corrected chi connectivity index (χ4v) is 5.02. The first kappa shape index (κ1) is 23.5. The van der Waals surface area contributed by atoms with E-state index in [-0.39, 0.29) is 30.3 Å². The van der Waals surface area contributed by atoms with Crippen LogP contribution in [0.3, 0.4) is 0 Å². The van der Waals surface area contributed by atoms with Crippen LogP contribution in [-0.4, -0.2) is 36.8 Å². The SMILES string of the molecule is CCOC(=O)C1=C(C(=O)OCC)C2(OC1=Nc1c(C)cccc1C)C(=O)c1cccc3cccc2c13. The standard InChI is InChI=1S/C29H25NO6/c1-5-34-27(32)22-23(28(33)35-6-2)29(36-26(22)30-24-16(3)10-7-11-17(24)4)20-15-9-13-18-12-8-14-19(21(18)20)25(29)31/h7-15H,5-6H2,1-4H3. The first-order chi connectivity index (χ1) is 17.3. The van der Waals surface area contributed by atoms with Gasteiger partial charge in [0.1, 0.15) is 11.1 Å². The third-order valence-electron chi connectivity index (χ3n) is 6.53. The van der Waals surface area contributed by atoms with Crippen LogP contribution in [0.2, 0.25) is 0 Å². The van der Waals surface area contributed by atoms with Gasteiger partial charge in [0.15, 0.2) is 0 Å². The molecule has 0 radical (unpaired) electrons. The lowest BCUT2D eigenvalue weighted by atomic mass is 9.84. The smallest absolute Gasteiger partial charge is 0.344 e. The zero-order valence-corrected chi connectivity index (χ0v) is 20.5. The van der Waals surface area contributed by atoms with E-state index in [9.17, 15) is 14.4 Å². The number of aliphatic imine (C=N–C) groups is 1. The van der Waals surface area contributed by atoms with Crippen molar-refractivity contribution < 1.29 is 28.6 Å². The molecule has 1 spiro atoms. The fraction of sp³-hybridized carbons (Fsp3) is 0.241. The van der Waals surface area contributed by atoms with Crippen molar-refractivity contribution in [2.75, 3.05) is 13.2 Å². The van der Waals surface area contributed by atoms with Gasteiger partial charge in [0.25, 0.3) is 0 Å². The molecule has 1 atom stereocenters. The number of para-hydroxylation sites is 1. The summed E-state index contributed by atoms with van der Waals surface area (Å²) in [5, 5.41) is 1.49. The van der Waals surface area contributed by atoms with E-state index in [1.807, 2.05) is 44.2 Å². The number of nitrogens with zero attached hydrogens (tertiary/aromatic N) is 1. The summed E-state index contributed by atoms with van der Waals surface area (Å²) in [6.45, 7) is 7.19. The summed E-state index contributed by atoms with van der Waals surface area (Å²) < 4.78 is 17.1. The van der Waals surface area contributed by atoms with Crippen molar-refractivity contribution in [3.8, 4) is 0 Å². The van der Waals surface area contributed by atoms with Crippen LogP contribution in [0.1, 0.15) is 40.9 Å². The number of ether oxygens (including phenoxy) is 3. The lowest BCUT2D eigenvalue weighted by molar-refractivity contribution is -0.142. The molecule has 0 saturated carbocycles. The Bertz CT molecular complexity index is 1490. The van der Waals surface area contributed by atoms with Crippen LogP contribution in [0, 0.1) is 13.8 Å². The normalized spacial score (nSPS) is 19.3. The molecule has 3 aromatic carbocycles. The number of hydrogen-bond donors (Lipinski definition) is 0. The first-order valence-electron chi connectivity index (χ1n) is 11.8. The molecule has 0 N–H and O–H groups in total. The zero-order valence-electron chi connectivity index (χ0n) is 20.5. The second-order valence-electron chi connectivity index (χ2n) is 8.67. The van der Waals surface area contributed by atoms with E-state index in [1.165, 1.54) is 0 Å². The predicted molar refractivity (Wildman–Crippen MR) is 134 cm³/mol. The van der Waals surface area contributed by atoms with Gasteiger partial charge in [-0.05, 0) is 44.2 Å². The fourth-order valence-electron chi connectivity index (χ4n) is 5.02. The third-order valence-corrected chi connectivity index (χ3v) is 6.53. The van der Waals surface area contributed by atoms with Crippen molar-refractivity contribution >= 4 is 40.1 Å². The molecular weight excluding hydrogens is 458 g/mol. The largest absolute Gasteiger partial charge is 0.462 e. The highest BCUT2D eigenvalue weighted by Crippen LogP contribution is 2.52. The maximum Gasteiger partial charge on any atom is 0.344 e. The quantitative estimate of drug-likeness (QED) is 0.473. The van der Waals surface area contributed by atoms with Gasteiger partial charge in [-0.25, -0.2) is 14.6 Å². The van der Waals surface area contributed by atoms with Crippen LogP contribution in [0.5, 0.6) is 0 Å². The summed E-state index contributed by atoms with van der Waals surface area (Å²) in [6, 6.07) is 16.4. The molecule has 7 nitrogen and oxygen atoms in total. The van der Waals surface area contributed by atoms with Crippen LogP contribution in [0.25, 0.3) is 10.8 Å². The minimum absolute atomic E-state index is 0.0449. The van der Waals surface area contributed by atoms with E-state index < -0.39 is 23.3 Å². The van der Waals surface area contributed by atoms with Gasteiger partial charge < -0.3 is 14.2 Å². The number of fused-ring (bicyclic) bond motifs is 1.